The minimum absolute atomic E-state index is 0.452. The summed E-state index contributed by atoms with van der Waals surface area (Å²) in [6, 6.07) is 7.67. The average Bonchev–Trinajstić information content (AvgIpc) is 2.39. The molecule has 114 valence electrons. The van der Waals surface area contributed by atoms with E-state index in [2.05, 4.69) is 6.92 Å². The average molecular weight is 282 g/mol. The fourth-order valence-electron chi connectivity index (χ4n) is 1.99. The second-order valence-electron chi connectivity index (χ2n) is 4.85. The second kappa shape index (κ2) is 13.0. The van der Waals surface area contributed by atoms with Crippen LogP contribution in [0.4, 0.5) is 0 Å². The maximum Gasteiger partial charge on any atom is 0.631 e. The maximum atomic E-state index is 9.58. The molecule has 0 radical (unpaired) electrons. The first kappa shape index (κ1) is 19.0. The molecule has 0 heterocycles. The van der Waals surface area contributed by atoms with Gasteiger partial charge in [0.15, 0.2) is 0 Å². The normalized spacial score (nSPS) is 9.80. The molecule has 1 aromatic carbocycles. The lowest BCUT2D eigenvalue weighted by Crippen LogP contribution is -2.07. The SMILES string of the molecule is CCCCCCCCCc1ccccc1O.OB(O)O. The van der Waals surface area contributed by atoms with Crippen molar-refractivity contribution >= 4 is 7.32 Å². The zero-order valence-electron chi connectivity index (χ0n) is 12.3. The number of aromatic hydroxyl groups is 1. The van der Waals surface area contributed by atoms with Gasteiger partial charge in [-0.25, -0.2) is 0 Å². The van der Waals surface area contributed by atoms with E-state index in [9.17, 15) is 5.11 Å². The fourth-order valence-corrected chi connectivity index (χ4v) is 1.99. The molecule has 0 aromatic heterocycles. The van der Waals surface area contributed by atoms with E-state index in [1.165, 1.54) is 44.9 Å². The van der Waals surface area contributed by atoms with E-state index < -0.39 is 7.32 Å². The van der Waals surface area contributed by atoms with Crippen molar-refractivity contribution in [1.82, 2.24) is 0 Å². The number of para-hydroxylation sites is 1. The molecule has 0 fully saturated rings. The number of unbranched alkanes of at least 4 members (excludes halogenated alkanes) is 6. The lowest BCUT2D eigenvalue weighted by molar-refractivity contribution is 0.278. The molecule has 0 amide bonds. The van der Waals surface area contributed by atoms with Crippen LogP contribution < -0.4 is 0 Å². The minimum atomic E-state index is -2.17. The van der Waals surface area contributed by atoms with Gasteiger partial charge in [0, 0.05) is 0 Å². The van der Waals surface area contributed by atoms with Crippen molar-refractivity contribution in [2.45, 2.75) is 58.3 Å². The van der Waals surface area contributed by atoms with Crippen LogP contribution in [0, 0.1) is 0 Å². The van der Waals surface area contributed by atoms with Crippen molar-refractivity contribution in [3.63, 3.8) is 0 Å². The van der Waals surface area contributed by atoms with Crippen LogP contribution in [0.25, 0.3) is 0 Å². The Hall–Kier alpha value is -1.04. The van der Waals surface area contributed by atoms with Gasteiger partial charge in [-0.1, -0.05) is 63.6 Å². The minimum Gasteiger partial charge on any atom is -0.508 e. The Bertz CT molecular complexity index is 329. The Labute approximate surface area is 122 Å². The third kappa shape index (κ3) is 12.0. The number of phenolic OH excluding ortho intramolecular Hbond substituents is 1. The van der Waals surface area contributed by atoms with Gasteiger partial charge in [-0.2, -0.15) is 0 Å². The number of benzene rings is 1. The van der Waals surface area contributed by atoms with Crippen molar-refractivity contribution in [3.8, 4) is 5.75 Å². The Balaban J connectivity index is 0.000000796. The Morgan fingerprint density at radius 3 is 1.90 bits per heavy atom. The van der Waals surface area contributed by atoms with Gasteiger partial charge in [0.2, 0.25) is 0 Å². The maximum absolute atomic E-state index is 9.58. The summed E-state index contributed by atoms with van der Waals surface area (Å²) < 4.78 is 0. The summed E-state index contributed by atoms with van der Waals surface area (Å²) in [5, 5.41) is 31.1. The first-order valence-corrected chi connectivity index (χ1v) is 7.39. The van der Waals surface area contributed by atoms with E-state index in [4.69, 9.17) is 15.1 Å². The van der Waals surface area contributed by atoms with E-state index in [0.29, 0.717) is 5.75 Å². The third-order valence-electron chi connectivity index (χ3n) is 3.04. The molecule has 0 aliphatic heterocycles. The Kier molecular flexibility index (Phi) is 12.3. The highest BCUT2D eigenvalue weighted by Crippen LogP contribution is 2.18. The van der Waals surface area contributed by atoms with Gasteiger partial charge in [0.05, 0.1) is 0 Å². The molecule has 0 atom stereocenters. The largest absolute Gasteiger partial charge is 0.631 e. The molecule has 1 rings (SSSR count). The van der Waals surface area contributed by atoms with Gasteiger partial charge in [-0.3, -0.25) is 0 Å². The smallest absolute Gasteiger partial charge is 0.508 e. The molecular weight excluding hydrogens is 255 g/mol. The summed E-state index contributed by atoms with van der Waals surface area (Å²) >= 11 is 0. The first-order valence-electron chi connectivity index (χ1n) is 7.39. The summed E-state index contributed by atoms with van der Waals surface area (Å²) in [5.41, 5.74) is 1.09. The summed E-state index contributed by atoms with van der Waals surface area (Å²) in [6.45, 7) is 2.25. The molecule has 4 nitrogen and oxygen atoms in total. The van der Waals surface area contributed by atoms with Crippen molar-refractivity contribution in [3.05, 3.63) is 29.8 Å². The lowest BCUT2D eigenvalue weighted by atomic mass is 10.0. The van der Waals surface area contributed by atoms with Crippen LogP contribution >= 0.6 is 0 Å². The number of hydrogen-bond acceptors (Lipinski definition) is 4. The van der Waals surface area contributed by atoms with E-state index in [1.807, 2.05) is 18.2 Å². The standard InChI is InChI=1S/C15H24O.BH3O3/c1-2-3-4-5-6-7-8-11-14-12-9-10-13-15(14)16;2-1(3)4/h9-10,12-13,16H,2-8,11H2,1H3;2-4H. The lowest BCUT2D eigenvalue weighted by Gasteiger charge is -2.04. The summed E-state index contributed by atoms with van der Waals surface area (Å²) in [7, 11) is -2.17. The molecular formula is C15H27BO4. The molecule has 1 aromatic rings. The highest BCUT2D eigenvalue weighted by Gasteiger charge is 1.98. The number of hydrogen-bond donors (Lipinski definition) is 4. The summed E-state index contributed by atoms with van der Waals surface area (Å²) in [4.78, 5) is 0. The van der Waals surface area contributed by atoms with Crippen molar-refractivity contribution in [2.75, 3.05) is 0 Å². The van der Waals surface area contributed by atoms with E-state index in [-0.39, 0.29) is 0 Å². The molecule has 20 heavy (non-hydrogen) atoms. The number of aryl methyl sites for hydroxylation is 1. The van der Waals surface area contributed by atoms with E-state index >= 15 is 0 Å². The van der Waals surface area contributed by atoms with Crippen LogP contribution in [-0.4, -0.2) is 27.5 Å². The van der Waals surface area contributed by atoms with Gasteiger partial charge in [-0.15, -0.1) is 0 Å². The number of rotatable bonds is 8. The van der Waals surface area contributed by atoms with Crippen LogP contribution in [0.1, 0.15) is 57.4 Å². The van der Waals surface area contributed by atoms with Gasteiger partial charge < -0.3 is 20.2 Å². The predicted molar refractivity (Wildman–Crippen MR) is 82.2 cm³/mol. The first-order chi connectivity index (χ1) is 9.57. The quantitative estimate of drug-likeness (QED) is 0.436. The number of phenols is 1. The van der Waals surface area contributed by atoms with Crippen molar-refractivity contribution in [1.29, 1.82) is 0 Å². The van der Waals surface area contributed by atoms with E-state index in [1.54, 1.807) is 6.07 Å². The molecule has 0 bridgehead atoms. The molecule has 0 aliphatic carbocycles. The molecule has 0 aliphatic rings. The Morgan fingerprint density at radius 2 is 1.35 bits per heavy atom. The Morgan fingerprint density at radius 1 is 0.850 bits per heavy atom. The van der Waals surface area contributed by atoms with Gasteiger partial charge in [0.1, 0.15) is 5.75 Å². The summed E-state index contributed by atoms with van der Waals surface area (Å²) in [6.07, 6.45) is 10.3. The zero-order valence-corrected chi connectivity index (χ0v) is 12.3. The van der Waals surface area contributed by atoms with Crippen LogP contribution in [-0.2, 0) is 6.42 Å². The van der Waals surface area contributed by atoms with Crippen molar-refractivity contribution in [2.24, 2.45) is 0 Å². The third-order valence-corrected chi connectivity index (χ3v) is 3.04. The van der Waals surface area contributed by atoms with Crippen LogP contribution in [0.2, 0.25) is 0 Å². The van der Waals surface area contributed by atoms with E-state index in [0.717, 1.165) is 12.0 Å². The molecule has 5 heteroatoms. The molecule has 0 saturated heterocycles. The van der Waals surface area contributed by atoms with Gasteiger partial charge in [0.25, 0.3) is 0 Å². The van der Waals surface area contributed by atoms with Crippen LogP contribution in [0.3, 0.4) is 0 Å². The molecule has 4 N–H and O–H groups in total. The van der Waals surface area contributed by atoms with Crippen LogP contribution in [0.5, 0.6) is 5.75 Å². The highest BCUT2D eigenvalue weighted by molar-refractivity contribution is 6.30. The highest BCUT2D eigenvalue weighted by atomic mass is 16.5. The monoisotopic (exact) mass is 282 g/mol. The zero-order chi connectivity index (χ0) is 15.2. The second-order valence-corrected chi connectivity index (χ2v) is 4.85. The summed E-state index contributed by atoms with van der Waals surface area (Å²) in [5.74, 6) is 0.452. The predicted octanol–water partition coefficient (Wildman–Crippen LogP) is 2.63. The fraction of sp³-hybridized carbons (Fsp3) is 0.600. The molecule has 0 saturated carbocycles. The van der Waals surface area contributed by atoms with Gasteiger partial charge >= 0.3 is 7.32 Å². The molecule has 0 spiro atoms. The van der Waals surface area contributed by atoms with Crippen LogP contribution in [0.15, 0.2) is 24.3 Å². The van der Waals surface area contributed by atoms with Crippen molar-refractivity contribution < 1.29 is 20.2 Å². The molecule has 0 unspecified atom stereocenters. The van der Waals surface area contributed by atoms with Gasteiger partial charge in [-0.05, 0) is 24.5 Å². The topological polar surface area (TPSA) is 80.9 Å².